The summed E-state index contributed by atoms with van der Waals surface area (Å²) in [6.07, 6.45) is 0. The van der Waals surface area contributed by atoms with Crippen LogP contribution in [0.2, 0.25) is 0 Å². The molecule has 0 bridgehead atoms. The predicted octanol–water partition coefficient (Wildman–Crippen LogP) is 5.14. The quantitative estimate of drug-likeness (QED) is 0.330. The summed E-state index contributed by atoms with van der Waals surface area (Å²) >= 11 is 3.45. The zero-order chi connectivity index (χ0) is 27.9. The van der Waals surface area contributed by atoms with Gasteiger partial charge in [-0.05, 0) is 61.7 Å². The zero-order valence-electron chi connectivity index (χ0n) is 22.1. The summed E-state index contributed by atoms with van der Waals surface area (Å²) < 4.78 is 29.4. The van der Waals surface area contributed by atoms with Gasteiger partial charge in [0, 0.05) is 17.6 Å². The maximum absolute atomic E-state index is 13.9. The van der Waals surface area contributed by atoms with E-state index in [1.165, 1.54) is 17.0 Å². The molecular formula is C29H34BrN3O4S. The minimum Gasteiger partial charge on any atom is -0.354 e. The first kappa shape index (κ1) is 29.4. The van der Waals surface area contributed by atoms with Crippen molar-refractivity contribution in [2.24, 2.45) is 5.92 Å². The van der Waals surface area contributed by atoms with Crippen LogP contribution in [0.5, 0.6) is 0 Å². The molecule has 0 saturated heterocycles. The number of nitrogens with zero attached hydrogens (tertiary/aromatic N) is 2. The molecule has 1 atom stereocenters. The van der Waals surface area contributed by atoms with Crippen molar-refractivity contribution in [3.8, 4) is 0 Å². The lowest BCUT2D eigenvalue weighted by Crippen LogP contribution is -2.51. The molecule has 2 amide bonds. The molecule has 3 aromatic carbocycles. The Morgan fingerprint density at radius 2 is 1.58 bits per heavy atom. The van der Waals surface area contributed by atoms with Gasteiger partial charge >= 0.3 is 0 Å². The molecule has 0 aliphatic rings. The molecule has 7 nitrogen and oxygen atoms in total. The molecule has 202 valence electrons. The molecule has 1 N–H and O–H groups in total. The first-order valence-corrected chi connectivity index (χ1v) is 14.7. The summed E-state index contributed by atoms with van der Waals surface area (Å²) in [4.78, 5) is 28.4. The van der Waals surface area contributed by atoms with Crippen LogP contribution in [-0.2, 0) is 26.2 Å². The number of carbonyl (C=O) groups is 2. The molecule has 0 aliphatic heterocycles. The number of nitrogens with one attached hydrogen (secondary N) is 1. The molecular weight excluding hydrogens is 566 g/mol. The number of sulfonamides is 1. The highest BCUT2D eigenvalue weighted by Crippen LogP contribution is 2.25. The van der Waals surface area contributed by atoms with Gasteiger partial charge in [-0.3, -0.25) is 13.9 Å². The highest BCUT2D eigenvalue weighted by atomic mass is 79.9. The summed E-state index contributed by atoms with van der Waals surface area (Å²) in [5.74, 6) is -0.541. The second-order valence-electron chi connectivity index (χ2n) is 9.63. The molecule has 0 unspecified atom stereocenters. The third kappa shape index (κ3) is 7.68. The number of hydrogen-bond acceptors (Lipinski definition) is 4. The molecule has 0 aromatic heterocycles. The average molecular weight is 601 g/mol. The maximum atomic E-state index is 13.9. The van der Waals surface area contributed by atoms with Gasteiger partial charge in [0.2, 0.25) is 11.8 Å². The Morgan fingerprint density at radius 1 is 0.921 bits per heavy atom. The lowest BCUT2D eigenvalue weighted by molar-refractivity contribution is -0.139. The lowest BCUT2D eigenvalue weighted by Gasteiger charge is -2.32. The topological polar surface area (TPSA) is 86.8 Å². The van der Waals surface area contributed by atoms with Crippen LogP contribution in [0.1, 0.15) is 31.9 Å². The van der Waals surface area contributed by atoms with E-state index in [2.05, 4.69) is 21.2 Å². The number of aryl methyl sites for hydroxylation is 1. The number of rotatable bonds is 11. The maximum Gasteiger partial charge on any atom is 0.264 e. The fourth-order valence-corrected chi connectivity index (χ4v) is 5.71. The molecule has 9 heteroatoms. The molecule has 0 spiro atoms. The van der Waals surface area contributed by atoms with E-state index in [1.807, 2.05) is 45.0 Å². The summed E-state index contributed by atoms with van der Waals surface area (Å²) in [7, 11) is -4.06. The van der Waals surface area contributed by atoms with E-state index in [1.54, 1.807) is 49.4 Å². The van der Waals surface area contributed by atoms with Crippen molar-refractivity contribution in [2.45, 2.75) is 45.2 Å². The number of amides is 2. The standard InChI is InChI=1S/C29H34BrN3O4S/c1-21(2)18-31-29(35)23(4)32(19-24-9-8-10-25(30)17-24)28(34)20-33(26-15-13-22(3)14-16-26)38(36,37)27-11-6-5-7-12-27/h5-17,21,23H,18-20H2,1-4H3,(H,31,35)/t23-/m1/s1. The Kier molecular flexibility index (Phi) is 10.1. The van der Waals surface area contributed by atoms with Crippen molar-refractivity contribution < 1.29 is 18.0 Å². The van der Waals surface area contributed by atoms with Crippen LogP contribution in [-0.4, -0.2) is 44.3 Å². The van der Waals surface area contributed by atoms with Gasteiger partial charge in [-0.15, -0.1) is 0 Å². The van der Waals surface area contributed by atoms with E-state index in [0.717, 1.165) is 19.9 Å². The molecule has 3 rings (SSSR count). The monoisotopic (exact) mass is 599 g/mol. The molecule has 0 aliphatic carbocycles. The minimum atomic E-state index is -4.06. The van der Waals surface area contributed by atoms with Crippen LogP contribution < -0.4 is 9.62 Å². The molecule has 0 fully saturated rings. The van der Waals surface area contributed by atoms with E-state index in [4.69, 9.17) is 0 Å². The van der Waals surface area contributed by atoms with E-state index in [-0.39, 0.29) is 23.3 Å². The second kappa shape index (κ2) is 13.1. The third-order valence-electron chi connectivity index (χ3n) is 6.03. The molecule has 3 aromatic rings. The van der Waals surface area contributed by atoms with Gasteiger partial charge in [-0.25, -0.2) is 8.42 Å². The number of benzene rings is 3. The first-order chi connectivity index (χ1) is 18.0. The molecule has 0 saturated carbocycles. The van der Waals surface area contributed by atoms with Gasteiger partial charge in [0.05, 0.1) is 10.6 Å². The Labute approximate surface area is 234 Å². The van der Waals surface area contributed by atoms with Gasteiger partial charge in [0.1, 0.15) is 12.6 Å². The van der Waals surface area contributed by atoms with E-state index in [0.29, 0.717) is 12.2 Å². The van der Waals surface area contributed by atoms with E-state index >= 15 is 0 Å². The smallest absolute Gasteiger partial charge is 0.264 e. The van der Waals surface area contributed by atoms with Gasteiger partial charge in [0.25, 0.3) is 10.0 Å². The number of anilines is 1. The number of halogens is 1. The highest BCUT2D eigenvalue weighted by Gasteiger charge is 2.32. The second-order valence-corrected chi connectivity index (χ2v) is 12.4. The Morgan fingerprint density at radius 3 is 2.18 bits per heavy atom. The van der Waals surface area contributed by atoms with Crippen LogP contribution in [0.15, 0.2) is 88.2 Å². The van der Waals surface area contributed by atoms with Crippen molar-refractivity contribution in [2.75, 3.05) is 17.4 Å². The largest absolute Gasteiger partial charge is 0.354 e. The lowest BCUT2D eigenvalue weighted by atomic mass is 10.1. The van der Waals surface area contributed by atoms with E-state index in [9.17, 15) is 18.0 Å². The minimum absolute atomic E-state index is 0.0784. The van der Waals surface area contributed by atoms with Crippen molar-refractivity contribution in [1.82, 2.24) is 10.2 Å². The summed E-state index contributed by atoms with van der Waals surface area (Å²) in [5.41, 5.74) is 2.14. The molecule has 38 heavy (non-hydrogen) atoms. The highest BCUT2D eigenvalue weighted by molar-refractivity contribution is 9.10. The molecule has 0 heterocycles. The summed E-state index contributed by atoms with van der Waals surface area (Å²) in [5, 5.41) is 2.89. The fraction of sp³-hybridized carbons (Fsp3) is 0.310. The van der Waals surface area contributed by atoms with Gasteiger partial charge in [0.15, 0.2) is 0 Å². The van der Waals surface area contributed by atoms with Crippen LogP contribution in [0.4, 0.5) is 5.69 Å². The predicted molar refractivity (Wildman–Crippen MR) is 154 cm³/mol. The van der Waals surface area contributed by atoms with Crippen LogP contribution in [0, 0.1) is 12.8 Å². The van der Waals surface area contributed by atoms with Crippen LogP contribution in [0.25, 0.3) is 0 Å². The van der Waals surface area contributed by atoms with E-state index < -0.39 is 28.5 Å². The summed E-state index contributed by atoms with van der Waals surface area (Å²) in [6.45, 7) is 7.69. The zero-order valence-corrected chi connectivity index (χ0v) is 24.5. The summed E-state index contributed by atoms with van der Waals surface area (Å²) in [6, 6.07) is 21.6. The SMILES string of the molecule is Cc1ccc(N(CC(=O)N(Cc2cccc(Br)c2)[C@H](C)C(=O)NCC(C)C)S(=O)(=O)c2ccccc2)cc1. The van der Waals surface area contributed by atoms with Gasteiger partial charge in [-0.2, -0.15) is 0 Å². The molecule has 0 radical (unpaired) electrons. The van der Waals surface area contributed by atoms with Gasteiger partial charge < -0.3 is 10.2 Å². The number of hydrogen-bond donors (Lipinski definition) is 1. The van der Waals surface area contributed by atoms with Crippen molar-refractivity contribution in [3.63, 3.8) is 0 Å². The third-order valence-corrected chi connectivity index (χ3v) is 8.31. The van der Waals surface area contributed by atoms with Crippen LogP contribution >= 0.6 is 15.9 Å². The Hall–Kier alpha value is -3.17. The van der Waals surface area contributed by atoms with Crippen molar-refractivity contribution >= 4 is 43.5 Å². The first-order valence-electron chi connectivity index (χ1n) is 12.4. The Balaban J connectivity index is 1.99. The van der Waals surface area contributed by atoms with Gasteiger partial charge in [-0.1, -0.05) is 77.8 Å². The average Bonchev–Trinajstić information content (AvgIpc) is 2.89. The van der Waals surface area contributed by atoms with Crippen molar-refractivity contribution in [1.29, 1.82) is 0 Å². The number of carbonyl (C=O) groups excluding carboxylic acids is 2. The normalized spacial score (nSPS) is 12.2. The Bertz CT molecular complexity index is 1350. The fourth-order valence-electron chi connectivity index (χ4n) is 3.83. The van der Waals surface area contributed by atoms with Crippen molar-refractivity contribution in [3.05, 3.63) is 94.5 Å². The van der Waals surface area contributed by atoms with Crippen LogP contribution in [0.3, 0.4) is 0 Å².